The van der Waals surface area contributed by atoms with Crippen molar-refractivity contribution in [1.82, 2.24) is 14.9 Å². The van der Waals surface area contributed by atoms with E-state index in [1.54, 1.807) is 0 Å². The van der Waals surface area contributed by atoms with Gasteiger partial charge in [0.25, 0.3) is 5.91 Å². The lowest BCUT2D eigenvalue weighted by Crippen LogP contribution is -2.35. The van der Waals surface area contributed by atoms with Crippen LogP contribution in [-0.4, -0.2) is 27.3 Å². The van der Waals surface area contributed by atoms with E-state index in [-0.39, 0.29) is 5.91 Å². The minimum Gasteiger partial charge on any atom is -0.445 e. The molecule has 1 aliphatic rings. The average molecular weight is 337 g/mol. The van der Waals surface area contributed by atoms with E-state index in [2.05, 4.69) is 23.8 Å². The molecule has 0 unspecified atom stereocenters. The van der Waals surface area contributed by atoms with E-state index in [4.69, 9.17) is 4.42 Å². The van der Waals surface area contributed by atoms with Crippen molar-refractivity contribution in [1.29, 1.82) is 0 Å². The fourth-order valence-corrected chi connectivity index (χ4v) is 3.31. The van der Waals surface area contributed by atoms with Crippen LogP contribution in [0.15, 0.2) is 34.9 Å². The highest BCUT2D eigenvalue weighted by Crippen LogP contribution is 2.23. The minimum absolute atomic E-state index is 0.0560. The second-order valence-corrected chi connectivity index (χ2v) is 7.17. The van der Waals surface area contributed by atoms with Crippen LogP contribution < -0.4 is 0 Å². The Morgan fingerprint density at radius 3 is 3.08 bits per heavy atom. The van der Waals surface area contributed by atoms with Gasteiger partial charge in [0.15, 0.2) is 5.89 Å². The number of aryl methyl sites for hydroxylation is 1. The summed E-state index contributed by atoms with van der Waals surface area (Å²) in [6, 6.07) is 7.77. The molecule has 25 heavy (non-hydrogen) atoms. The van der Waals surface area contributed by atoms with Gasteiger partial charge in [0.05, 0.1) is 6.54 Å². The van der Waals surface area contributed by atoms with E-state index in [9.17, 15) is 4.79 Å². The Morgan fingerprint density at radius 1 is 1.36 bits per heavy atom. The predicted octanol–water partition coefficient (Wildman–Crippen LogP) is 3.94. The molecule has 0 spiro atoms. The highest BCUT2D eigenvalue weighted by atomic mass is 16.4. The lowest BCUT2D eigenvalue weighted by molar-refractivity contribution is 0.0728. The Morgan fingerprint density at radius 2 is 2.24 bits per heavy atom. The van der Waals surface area contributed by atoms with Gasteiger partial charge in [-0.15, -0.1) is 0 Å². The molecule has 0 saturated carbocycles. The summed E-state index contributed by atoms with van der Waals surface area (Å²) in [5, 5.41) is 1.06. The number of aromatic amines is 1. The fourth-order valence-electron chi connectivity index (χ4n) is 3.31. The molecule has 5 nitrogen and oxygen atoms in total. The normalized spacial score (nSPS) is 14.3. The molecule has 2 aromatic heterocycles. The molecule has 3 heterocycles. The number of carbonyl (C=O) groups is 1. The van der Waals surface area contributed by atoms with Crippen LogP contribution >= 0.6 is 0 Å². The van der Waals surface area contributed by atoms with Gasteiger partial charge in [0, 0.05) is 42.0 Å². The second kappa shape index (κ2) is 6.39. The van der Waals surface area contributed by atoms with Gasteiger partial charge in [-0.1, -0.05) is 13.8 Å². The van der Waals surface area contributed by atoms with E-state index in [0.717, 1.165) is 53.1 Å². The molecule has 5 heteroatoms. The van der Waals surface area contributed by atoms with Crippen molar-refractivity contribution in [3.8, 4) is 0 Å². The first-order valence-electron chi connectivity index (χ1n) is 8.94. The summed E-state index contributed by atoms with van der Waals surface area (Å²) in [6.07, 6.45) is 4.56. The number of hydrogen-bond donors (Lipinski definition) is 1. The first kappa shape index (κ1) is 15.9. The van der Waals surface area contributed by atoms with Gasteiger partial charge in [0.2, 0.25) is 0 Å². The predicted molar refractivity (Wildman–Crippen MR) is 96.4 cm³/mol. The Bertz CT molecular complexity index is 907. The van der Waals surface area contributed by atoms with Crippen LogP contribution in [0.25, 0.3) is 10.9 Å². The van der Waals surface area contributed by atoms with Crippen molar-refractivity contribution < 1.29 is 9.21 Å². The van der Waals surface area contributed by atoms with Gasteiger partial charge in [-0.3, -0.25) is 4.79 Å². The number of fused-ring (bicyclic) bond motifs is 2. The van der Waals surface area contributed by atoms with Crippen molar-refractivity contribution in [3.05, 3.63) is 53.4 Å². The molecule has 4 rings (SSSR count). The number of hydrogen-bond acceptors (Lipinski definition) is 3. The number of oxazole rings is 1. The van der Waals surface area contributed by atoms with Gasteiger partial charge in [-0.2, -0.15) is 0 Å². The molecule has 1 N–H and O–H groups in total. The van der Waals surface area contributed by atoms with Gasteiger partial charge in [-0.25, -0.2) is 4.98 Å². The third-order valence-electron chi connectivity index (χ3n) is 4.79. The summed E-state index contributed by atoms with van der Waals surface area (Å²) in [5.41, 5.74) is 2.68. The molecule has 1 aromatic carbocycles. The number of rotatable bonds is 4. The number of aromatic nitrogens is 2. The number of H-pyrrole nitrogens is 1. The van der Waals surface area contributed by atoms with Crippen LogP contribution in [0.2, 0.25) is 0 Å². The monoisotopic (exact) mass is 337 g/mol. The Balaban J connectivity index is 1.50. The summed E-state index contributed by atoms with van der Waals surface area (Å²) in [5.74, 6) is 2.44. The van der Waals surface area contributed by atoms with E-state index < -0.39 is 0 Å². The van der Waals surface area contributed by atoms with E-state index >= 15 is 0 Å². The molecule has 0 saturated heterocycles. The van der Waals surface area contributed by atoms with E-state index in [0.29, 0.717) is 19.0 Å². The Labute approximate surface area is 147 Å². The van der Waals surface area contributed by atoms with Crippen LogP contribution in [0, 0.1) is 5.92 Å². The first-order valence-corrected chi connectivity index (χ1v) is 8.94. The largest absolute Gasteiger partial charge is 0.445 e. The molecule has 0 radical (unpaired) electrons. The molecule has 0 fully saturated rings. The van der Waals surface area contributed by atoms with Gasteiger partial charge >= 0.3 is 0 Å². The molecule has 1 aliphatic heterocycles. The first-order chi connectivity index (χ1) is 12.1. The van der Waals surface area contributed by atoms with Gasteiger partial charge in [-0.05, 0) is 36.6 Å². The zero-order chi connectivity index (χ0) is 17.4. The van der Waals surface area contributed by atoms with Crippen molar-refractivity contribution >= 4 is 16.8 Å². The second-order valence-electron chi connectivity index (χ2n) is 7.17. The lowest BCUT2D eigenvalue weighted by Gasteiger charge is -2.25. The van der Waals surface area contributed by atoms with Gasteiger partial charge < -0.3 is 14.3 Å². The molecular formula is C20H23N3O2. The van der Waals surface area contributed by atoms with Crippen molar-refractivity contribution in [2.45, 2.75) is 39.7 Å². The topological polar surface area (TPSA) is 62.1 Å². The maximum atomic E-state index is 12.9. The molecule has 130 valence electrons. The average Bonchev–Trinajstić information content (AvgIpc) is 3.23. The molecule has 3 aromatic rings. The minimum atomic E-state index is 0.0560. The zero-order valence-electron chi connectivity index (χ0n) is 14.7. The molecule has 0 bridgehead atoms. The number of carbonyl (C=O) groups excluding carboxylic acids is 1. The molecule has 0 atom stereocenters. The van der Waals surface area contributed by atoms with E-state index in [1.165, 1.54) is 0 Å². The number of nitrogens with zero attached hydrogens (tertiary/aromatic N) is 2. The number of nitrogens with one attached hydrogen (secondary N) is 1. The van der Waals surface area contributed by atoms with Crippen molar-refractivity contribution in [2.75, 3.05) is 6.54 Å². The zero-order valence-corrected chi connectivity index (χ0v) is 14.7. The van der Waals surface area contributed by atoms with Crippen molar-refractivity contribution in [3.63, 3.8) is 0 Å². The number of benzene rings is 1. The standard InChI is InChI=1S/C20H23N3O2/c1-13(2)3-6-19-22-17-12-23(10-8-18(17)25-19)20(24)15-4-5-16-14(11-15)7-9-21-16/h4-5,7,9,11,13,21H,3,6,8,10,12H2,1-2H3. The maximum absolute atomic E-state index is 12.9. The molecule has 0 aliphatic carbocycles. The summed E-state index contributed by atoms with van der Waals surface area (Å²) >= 11 is 0. The van der Waals surface area contributed by atoms with Crippen LogP contribution in [-0.2, 0) is 19.4 Å². The van der Waals surface area contributed by atoms with Crippen LogP contribution in [0.1, 0.15) is 48.0 Å². The third kappa shape index (κ3) is 3.18. The maximum Gasteiger partial charge on any atom is 0.254 e. The van der Waals surface area contributed by atoms with Crippen LogP contribution in [0.3, 0.4) is 0 Å². The van der Waals surface area contributed by atoms with Gasteiger partial charge in [0.1, 0.15) is 11.5 Å². The summed E-state index contributed by atoms with van der Waals surface area (Å²) in [6.45, 7) is 5.61. The number of amides is 1. The van der Waals surface area contributed by atoms with Crippen molar-refractivity contribution in [2.24, 2.45) is 5.92 Å². The molecular weight excluding hydrogens is 314 g/mol. The summed E-state index contributed by atoms with van der Waals surface area (Å²) in [4.78, 5) is 22.5. The Hall–Kier alpha value is -2.56. The highest BCUT2D eigenvalue weighted by molar-refractivity contribution is 5.98. The van der Waals surface area contributed by atoms with Crippen LogP contribution in [0.5, 0.6) is 0 Å². The third-order valence-corrected chi connectivity index (χ3v) is 4.79. The quantitative estimate of drug-likeness (QED) is 0.784. The van der Waals surface area contributed by atoms with Crippen LogP contribution in [0.4, 0.5) is 0 Å². The highest BCUT2D eigenvalue weighted by Gasteiger charge is 2.26. The summed E-state index contributed by atoms with van der Waals surface area (Å²) in [7, 11) is 0. The van der Waals surface area contributed by atoms with E-state index in [1.807, 2.05) is 35.4 Å². The molecule has 1 amide bonds. The Kier molecular flexibility index (Phi) is 4.07. The fraction of sp³-hybridized carbons (Fsp3) is 0.400. The summed E-state index contributed by atoms with van der Waals surface area (Å²) < 4.78 is 5.88. The lowest BCUT2D eigenvalue weighted by atomic mass is 10.1. The smallest absolute Gasteiger partial charge is 0.254 e. The SMILES string of the molecule is CC(C)CCc1nc2c(o1)CCN(C(=O)c1ccc3[nH]ccc3c1)C2.